The van der Waals surface area contributed by atoms with E-state index >= 15 is 0 Å². The van der Waals surface area contributed by atoms with Crippen molar-refractivity contribution in [3.05, 3.63) is 63.5 Å². The largest absolute Gasteiger partial charge is 0.360 e. The Morgan fingerprint density at radius 2 is 2.04 bits per heavy atom. The van der Waals surface area contributed by atoms with Gasteiger partial charge in [-0.15, -0.1) is 22.7 Å². The molecule has 0 fully saturated rings. The minimum absolute atomic E-state index is 0.328. The number of carbonyl (C=O) groups excluding carboxylic acids is 1. The Bertz CT molecular complexity index is 1070. The summed E-state index contributed by atoms with van der Waals surface area (Å²) >= 11 is 9.21. The lowest BCUT2D eigenvalue weighted by Crippen LogP contribution is -2.13. The van der Waals surface area contributed by atoms with Gasteiger partial charge < -0.3 is 4.52 Å². The van der Waals surface area contributed by atoms with Crippen molar-refractivity contribution < 1.29 is 9.32 Å². The second kappa shape index (κ2) is 7.03. The van der Waals surface area contributed by atoms with Crippen LogP contribution in [0.25, 0.3) is 21.8 Å². The molecule has 0 aliphatic heterocycles. The van der Waals surface area contributed by atoms with Gasteiger partial charge in [-0.25, -0.2) is 4.98 Å². The molecule has 0 bridgehead atoms. The summed E-state index contributed by atoms with van der Waals surface area (Å²) in [6.07, 6.45) is 0. The van der Waals surface area contributed by atoms with Crippen LogP contribution in [0.5, 0.6) is 0 Å². The molecular weight excluding hydrogens is 390 g/mol. The molecule has 4 aromatic rings. The molecule has 0 aliphatic rings. The topological polar surface area (TPSA) is 68.0 Å². The number of thiazole rings is 1. The molecule has 26 heavy (non-hydrogen) atoms. The van der Waals surface area contributed by atoms with Crippen LogP contribution < -0.4 is 5.32 Å². The third-order valence-corrected chi connectivity index (χ3v) is 5.70. The van der Waals surface area contributed by atoms with Crippen molar-refractivity contribution >= 4 is 45.3 Å². The van der Waals surface area contributed by atoms with E-state index in [1.165, 1.54) is 11.3 Å². The highest BCUT2D eigenvalue weighted by atomic mass is 35.5. The highest BCUT2D eigenvalue weighted by molar-refractivity contribution is 7.16. The fraction of sp³-hybridized carbons (Fsp3) is 0.0556. The van der Waals surface area contributed by atoms with Crippen molar-refractivity contribution in [1.29, 1.82) is 0 Å². The van der Waals surface area contributed by atoms with Crippen LogP contribution in [0, 0.1) is 6.92 Å². The van der Waals surface area contributed by atoms with E-state index in [9.17, 15) is 4.79 Å². The van der Waals surface area contributed by atoms with Gasteiger partial charge in [-0.3, -0.25) is 10.1 Å². The summed E-state index contributed by atoms with van der Waals surface area (Å²) < 4.78 is 5.24. The molecule has 5 nitrogen and oxygen atoms in total. The van der Waals surface area contributed by atoms with Crippen LogP contribution in [-0.4, -0.2) is 16.0 Å². The van der Waals surface area contributed by atoms with E-state index in [4.69, 9.17) is 16.1 Å². The van der Waals surface area contributed by atoms with Gasteiger partial charge in [0.1, 0.15) is 17.0 Å². The van der Waals surface area contributed by atoms with Crippen LogP contribution in [-0.2, 0) is 0 Å². The molecular formula is C18H12ClN3O2S2. The smallest absolute Gasteiger partial charge is 0.263 e. The molecule has 3 heterocycles. The standard InChI is InChI=1S/C18H12ClN3O2S2/c1-10-15(16(22-24-10)11-5-2-3-6-12(11)19)17(23)21-18-20-13(9-26-18)14-7-4-8-25-14/h2-9H,1H3,(H,20,21,23). The normalized spacial score (nSPS) is 10.8. The fourth-order valence-corrected chi connectivity index (χ4v) is 4.20. The van der Waals surface area contributed by atoms with Crippen molar-refractivity contribution in [2.45, 2.75) is 6.92 Å². The number of thiophene rings is 1. The summed E-state index contributed by atoms with van der Waals surface area (Å²) in [5.74, 6) is 0.0956. The number of aryl methyl sites for hydroxylation is 1. The van der Waals surface area contributed by atoms with Gasteiger partial charge >= 0.3 is 0 Å². The second-order valence-electron chi connectivity index (χ2n) is 5.41. The number of anilines is 1. The molecule has 0 radical (unpaired) electrons. The fourth-order valence-electron chi connectivity index (χ4n) is 2.50. The highest BCUT2D eigenvalue weighted by Gasteiger charge is 2.23. The van der Waals surface area contributed by atoms with Gasteiger partial charge in [-0.05, 0) is 24.4 Å². The lowest BCUT2D eigenvalue weighted by atomic mass is 10.1. The summed E-state index contributed by atoms with van der Waals surface area (Å²) in [5.41, 5.74) is 2.26. The van der Waals surface area contributed by atoms with Gasteiger partial charge in [0.2, 0.25) is 0 Å². The molecule has 0 saturated heterocycles. The number of hydrogen-bond acceptors (Lipinski definition) is 6. The van der Waals surface area contributed by atoms with Gasteiger partial charge in [0.25, 0.3) is 5.91 Å². The lowest BCUT2D eigenvalue weighted by Gasteiger charge is -2.04. The number of nitrogens with one attached hydrogen (secondary N) is 1. The van der Waals surface area contributed by atoms with E-state index in [0.29, 0.717) is 32.7 Å². The molecule has 8 heteroatoms. The van der Waals surface area contributed by atoms with Crippen molar-refractivity contribution in [3.63, 3.8) is 0 Å². The zero-order valence-corrected chi connectivity index (χ0v) is 15.9. The number of amides is 1. The number of carbonyl (C=O) groups is 1. The molecule has 1 N–H and O–H groups in total. The number of hydrogen-bond donors (Lipinski definition) is 1. The van der Waals surface area contributed by atoms with Crippen LogP contribution in [0.15, 0.2) is 51.7 Å². The van der Waals surface area contributed by atoms with E-state index in [-0.39, 0.29) is 5.91 Å². The predicted octanol–water partition coefficient (Wildman–Crippen LogP) is 5.74. The monoisotopic (exact) mass is 401 g/mol. The Kier molecular flexibility index (Phi) is 4.58. The van der Waals surface area contributed by atoms with Gasteiger partial charge in [-0.2, -0.15) is 0 Å². The highest BCUT2D eigenvalue weighted by Crippen LogP contribution is 2.32. The maximum Gasteiger partial charge on any atom is 0.263 e. The molecule has 0 atom stereocenters. The number of halogens is 1. The Balaban J connectivity index is 1.64. The Morgan fingerprint density at radius 3 is 2.81 bits per heavy atom. The van der Waals surface area contributed by atoms with Crippen LogP contribution in [0.3, 0.4) is 0 Å². The molecule has 0 saturated carbocycles. The number of aromatic nitrogens is 2. The van der Waals surface area contributed by atoms with Gasteiger partial charge in [-0.1, -0.05) is 41.0 Å². The van der Waals surface area contributed by atoms with Crippen molar-refractivity contribution in [2.75, 3.05) is 5.32 Å². The first kappa shape index (κ1) is 17.0. The maximum atomic E-state index is 12.8. The molecule has 0 spiro atoms. The zero-order valence-electron chi connectivity index (χ0n) is 13.5. The lowest BCUT2D eigenvalue weighted by molar-refractivity contribution is 0.102. The molecule has 130 valence electrons. The van der Waals surface area contributed by atoms with Crippen LogP contribution in [0.1, 0.15) is 16.1 Å². The van der Waals surface area contributed by atoms with E-state index in [1.807, 2.05) is 35.0 Å². The van der Waals surface area contributed by atoms with Crippen molar-refractivity contribution in [3.8, 4) is 21.8 Å². The van der Waals surface area contributed by atoms with Gasteiger partial charge in [0, 0.05) is 10.9 Å². The minimum atomic E-state index is -0.328. The van der Waals surface area contributed by atoms with E-state index in [1.54, 1.807) is 30.4 Å². The van der Waals surface area contributed by atoms with E-state index in [0.717, 1.165) is 10.6 Å². The summed E-state index contributed by atoms with van der Waals surface area (Å²) in [4.78, 5) is 18.3. The SMILES string of the molecule is Cc1onc(-c2ccccc2Cl)c1C(=O)Nc1nc(-c2cccs2)cs1. The summed E-state index contributed by atoms with van der Waals surface area (Å²) in [6, 6.07) is 11.2. The van der Waals surface area contributed by atoms with E-state index < -0.39 is 0 Å². The van der Waals surface area contributed by atoms with Crippen molar-refractivity contribution in [1.82, 2.24) is 10.1 Å². The molecule has 1 amide bonds. The molecule has 1 aromatic carbocycles. The Labute approximate surface area is 162 Å². The molecule has 0 unspecified atom stereocenters. The summed E-state index contributed by atoms with van der Waals surface area (Å²) in [6.45, 7) is 1.70. The predicted molar refractivity (Wildman–Crippen MR) is 105 cm³/mol. The third kappa shape index (κ3) is 3.16. The van der Waals surface area contributed by atoms with Crippen molar-refractivity contribution in [2.24, 2.45) is 0 Å². The van der Waals surface area contributed by atoms with E-state index in [2.05, 4.69) is 15.5 Å². The molecule has 4 rings (SSSR count). The molecule has 3 aromatic heterocycles. The minimum Gasteiger partial charge on any atom is -0.360 e. The first-order chi connectivity index (χ1) is 12.6. The summed E-state index contributed by atoms with van der Waals surface area (Å²) in [5, 5.41) is 11.8. The van der Waals surface area contributed by atoms with Crippen LogP contribution in [0.4, 0.5) is 5.13 Å². The summed E-state index contributed by atoms with van der Waals surface area (Å²) in [7, 11) is 0. The first-order valence-electron chi connectivity index (χ1n) is 7.65. The Morgan fingerprint density at radius 1 is 1.19 bits per heavy atom. The number of nitrogens with zero attached hydrogens (tertiary/aromatic N) is 2. The van der Waals surface area contributed by atoms with Gasteiger partial charge in [0.15, 0.2) is 5.13 Å². The van der Waals surface area contributed by atoms with Gasteiger partial charge in [0.05, 0.1) is 15.6 Å². The quantitative estimate of drug-likeness (QED) is 0.473. The maximum absolute atomic E-state index is 12.8. The average molecular weight is 402 g/mol. The Hall–Kier alpha value is -2.48. The second-order valence-corrected chi connectivity index (χ2v) is 7.62. The molecule has 0 aliphatic carbocycles. The average Bonchev–Trinajstić information content (AvgIpc) is 3.35. The van der Waals surface area contributed by atoms with Crippen LogP contribution in [0.2, 0.25) is 5.02 Å². The number of rotatable bonds is 4. The van der Waals surface area contributed by atoms with Crippen LogP contribution >= 0.6 is 34.3 Å². The first-order valence-corrected chi connectivity index (χ1v) is 9.79. The number of benzene rings is 1. The third-order valence-electron chi connectivity index (χ3n) is 3.72. The zero-order chi connectivity index (χ0) is 18.1.